The molecule has 0 aromatic heterocycles. The van der Waals surface area contributed by atoms with E-state index in [9.17, 15) is 4.79 Å². The predicted octanol–water partition coefficient (Wildman–Crippen LogP) is 3.62. The Labute approximate surface area is 117 Å². The minimum absolute atomic E-state index is 0.178. The Bertz CT molecular complexity index is 515. The second-order valence-corrected chi connectivity index (χ2v) is 6.24. The van der Waals surface area contributed by atoms with Crippen molar-refractivity contribution in [3.8, 4) is 0 Å². The van der Waals surface area contributed by atoms with Crippen LogP contribution in [0.15, 0.2) is 12.1 Å². The summed E-state index contributed by atoms with van der Waals surface area (Å²) in [7, 11) is 2.12. The molecule has 2 atom stereocenters. The SMILES string of the molecule is CN1CC[C@@H]2CC(=O)c3c(Cl)cc(Cl)cc3[C@H]2C1. The number of nitrogens with zero attached hydrogens (tertiary/aromatic N) is 1. The molecule has 0 N–H and O–H groups in total. The summed E-state index contributed by atoms with van der Waals surface area (Å²) in [6, 6.07) is 3.60. The molecule has 1 aromatic carbocycles. The number of piperidine rings is 1. The fraction of sp³-hybridized carbons (Fsp3) is 0.500. The molecule has 0 bridgehead atoms. The van der Waals surface area contributed by atoms with Crippen molar-refractivity contribution in [3.63, 3.8) is 0 Å². The lowest BCUT2D eigenvalue weighted by Gasteiger charge is -2.40. The lowest BCUT2D eigenvalue weighted by molar-refractivity contribution is 0.0887. The molecular formula is C14H15Cl2NO. The summed E-state index contributed by atoms with van der Waals surface area (Å²) < 4.78 is 0. The van der Waals surface area contributed by atoms with Gasteiger partial charge in [0, 0.05) is 29.5 Å². The minimum atomic E-state index is 0.178. The van der Waals surface area contributed by atoms with E-state index in [0.717, 1.165) is 25.1 Å². The number of fused-ring (bicyclic) bond motifs is 3. The summed E-state index contributed by atoms with van der Waals surface area (Å²) in [5.74, 6) is 1.03. The Morgan fingerprint density at radius 1 is 1.33 bits per heavy atom. The van der Waals surface area contributed by atoms with E-state index in [0.29, 0.717) is 33.9 Å². The first-order valence-electron chi connectivity index (χ1n) is 6.27. The summed E-state index contributed by atoms with van der Waals surface area (Å²) in [5.41, 5.74) is 1.76. The predicted molar refractivity (Wildman–Crippen MR) is 73.8 cm³/mol. The average molecular weight is 284 g/mol. The summed E-state index contributed by atoms with van der Waals surface area (Å²) in [4.78, 5) is 14.5. The highest BCUT2D eigenvalue weighted by Gasteiger charge is 2.38. The summed E-state index contributed by atoms with van der Waals surface area (Å²) in [6.07, 6.45) is 1.71. The van der Waals surface area contributed by atoms with Crippen LogP contribution in [0.25, 0.3) is 0 Å². The molecule has 0 spiro atoms. The molecule has 1 aliphatic carbocycles. The number of carbonyl (C=O) groups is 1. The molecule has 2 aliphatic rings. The van der Waals surface area contributed by atoms with E-state index in [4.69, 9.17) is 23.2 Å². The number of hydrogen-bond acceptors (Lipinski definition) is 2. The third-order valence-corrected chi connectivity index (χ3v) is 4.69. The van der Waals surface area contributed by atoms with E-state index >= 15 is 0 Å². The van der Waals surface area contributed by atoms with Gasteiger partial charge in [-0.2, -0.15) is 0 Å². The maximum absolute atomic E-state index is 12.2. The van der Waals surface area contributed by atoms with Crippen LogP contribution >= 0.6 is 23.2 Å². The topological polar surface area (TPSA) is 20.3 Å². The number of rotatable bonds is 0. The first-order valence-corrected chi connectivity index (χ1v) is 7.02. The van der Waals surface area contributed by atoms with Crippen LogP contribution in [0, 0.1) is 5.92 Å². The molecule has 18 heavy (non-hydrogen) atoms. The summed E-state index contributed by atoms with van der Waals surface area (Å²) in [5, 5.41) is 1.13. The molecule has 1 fully saturated rings. The molecule has 0 saturated carbocycles. The standard InChI is InChI=1S/C14H15Cl2NO/c1-17-3-2-8-4-13(18)14-10(11(8)7-17)5-9(15)6-12(14)16/h5-6,8,11H,2-4,7H2,1H3/t8-,11+/m1/s1. The third-order valence-electron chi connectivity index (χ3n) is 4.17. The zero-order valence-electron chi connectivity index (χ0n) is 10.2. The number of benzene rings is 1. The van der Waals surface area contributed by atoms with Gasteiger partial charge >= 0.3 is 0 Å². The quantitative estimate of drug-likeness (QED) is 0.725. The molecule has 96 valence electrons. The number of likely N-dealkylation sites (N-methyl/N-ethyl adjacent to an activating group) is 1. The van der Waals surface area contributed by atoms with Gasteiger partial charge in [0.15, 0.2) is 5.78 Å². The number of likely N-dealkylation sites (tertiary alicyclic amines) is 1. The van der Waals surface area contributed by atoms with Crippen LogP contribution in [-0.4, -0.2) is 30.8 Å². The van der Waals surface area contributed by atoms with Gasteiger partial charge in [-0.1, -0.05) is 23.2 Å². The molecule has 3 rings (SSSR count). The average Bonchev–Trinajstić information content (AvgIpc) is 2.29. The molecule has 0 radical (unpaired) electrons. The molecule has 1 saturated heterocycles. The van der Waals surface area contributed by atoms with Gasteiger partial charge in [0.1, 0.15) is 0 Å². The van der Waals surface area contributed by atoms with Crippen LogP contribution < -0.4 is 0 Å². The van der Waals surface area contributed by atoms with Crippen molar-refractivity contribution in [3.05, 3.63) is 33.3 Å². The maximum Gasteiger partial charge on any atom is 0.164 e. The van der Waals surface area contributed by atoms with E-state index < -0.39 is 0 Å². The van der Waals surface area contributed by atoms with Crippen molar-refractivity contribution in [1.29, 1.82) is 0 Å². The van der Waals surface area contributed by atoms with E-state index in [1.165, 1.54) is 0 Å². The second-order valence-electron chi connectivity index (χ2n) is 5.40. The monoisotopic (exact) mass is 283 g/mol. The van der Waals surface area contributed by atoms with Gasteiger partial charge in [0.05, 0.1) is 5.02 Å². The first-order chi connectivity index (χ1) is 8.56. The largest absolute Gasteiger partial charge is 0.306 e. The van der Waals surface area contributed by atoms with E-state index in [1.54, 1.807) is 6.07 Å². The number of halogens is 2. The molecule has 4 heteroatoms. The van der Waals surface area contributed by atoms with Crippen molar-refractivity contribution < 1.29 is 4.79 Å². The van der Waals surface area contributed by atoms with Gasteiger partial charge in [0.2, 0.25) is 0 Å². The molecule has 0 amide bonds. The van der Waals surface area contributed by atoms with Crippen molar-refractivity contribution in [2.75, 3.05) is 20.1 Å². The Hall–Kier alpha value is -0.570. The Balaban J connectivity index is 2.12. The highest BCUT2D eigenvalue weighted by atomic mass is 35.5. The maximum atomic E-state index is 12.2. The number of Topliss-reactive ketones (excluding diaryl/α,β-unsaturated/α-hetero) is 1. The molecule has 1 aliphatic heterocycles. The van der Waals surface area contributed by atoms with E-state index in [2.05, 4.69) is 11.9 Å². The lowest BCUT2D eigenvalue weighted by Crippen LogP contribution is -2.40. The number of carbonyl (C=O) groups excluding carboxylic acids is 1. The number of hydrogen-bond donors (Lipinski definition) is 0. The van der Waals surface area contributed by atoms with Gasteiger partial charge in [-0.15, -0.1) is 0 Å². The highest BCUT2D eigenvalue weighted by molar-refractivity contribution is 6.37. The van der Waals surface area contributed by atoms with Crippen LogP contribution in [0.4, 0.5) is 0 Å². The molecule has 1 heterocycles. The molecular weight excluding hydrogens is 269 g/mol. The molecule has 1 aromatic rings. The highest BCUT2D eigenvalue weighted by Crippen LogP contribution is 2.44. The lowest BCUT2D eigenvalue weighted by atomic mass is 9.71. The van der Waals surface area contributed by atoms with Crippen molar-refractivity contribution in [2.24, 2.45) is 5.92 Å². The van der Waals surface area contributed by atoms with Crippen LogP contribution in [0.2, 0.25) is 10.0 Å². The fourth-order valence-electron chi connectivity index (χ4n) is 3.28. The van der Waals surface area contributed by atoms with Crippen molar-refractivity contribution in [1.82, 2.24) is 4.90 Å². The van der Waals surface area contributed by atoms with Gasteiger partial charge in [-0.05, 0) is 43.6 Å². The van der Waals surface area contributed by atoms with Crippen LogP contribution in [0.1, 0.15) is 34.7 Å². The van der Waals surface area contributed by atoms with E-state index in [1.807, 2.05) is 6.07 Å². The van der Waals surface area contributed by atoms with Gasteiger partial charge < -0.3 is 4.90 Å². The molecule has 0 unspecified atom stereocenters. The molecule has 2 nitrogen and oxygen atoms in total. The van der Waals surface area contributed by atoms with Gasteiger partial charge in [-0.3, -0.25) is 4.79 Å². The van der Waals surface area contributed by atoms with Crippen LogP contribution in [-0.2, 0) is 0 Å². The minimum Gasteiger partial charge on any atom is -0.306 e. The first kappa shape index (κ1) is 12.5. The second kappa shape index (κ2) is 4.52. The Morgan fingerprint density at radius 3 is 2.89 bits per heavy atom. The summed E-state index contributed by atoms with van der Waals surface area (Å²) >= 11 is 12.3. The fourth-order valence-corrected chi connectivity index (χ4v) is 3.90. The smallest absolute Gasteiger partial charge is 0.164 e. The summed E-state index contributed by atoms with van der Waals surface area (Å²) in [6.45, 7) is 2.06. The van der Waals surface area contributed by atoms with Crippen LogP contribution in [0.5, 0.6) is 0 Å². The van der Waals surface area contributed by atoms with Crippen molar-refractivity contribution in [2.45, 2.75) is 18.8 Å². The third kappa shape index (κ3) is 1.97. The normalized spacial score (nSPS) is 27.8. The Morgan fingerprint density at radius 2 is 2.11 bits per heavy atom. The van der Waals surface area contributed by atoms with E-state index in [-0.39, 0.29) is 5.78 Å². The van der Waals surface area contributed by atoms with Gasteiger partial charge in [0.25, 0.3) is 0 Å². The van der Waals surface area contributed by atoms with Crippen molar-refractivity contribution >= 4 is 29.0 Å². The number of ketones is 1. The Kier molecular flexibility index (Phi) is 3.13. The van der Waals surface area contributed by atoms with Gasteiger partial charge in [-0.25, -0.2) is 0 Å². The van der Waals surface area contributed by atoms with Crippen LogP contribution in [0.3, 0.4) is 0 Å². The zero-order valence-corrected chi connectivity index (χ0v) is 11.8. The zero-order chi connectivity index (χ0) is 12.9.